The fraction of sp³-hybridized carbons (Fsp3) is 0.0588. The lowest BCUT2D eigenvalue weighted by Gasteiger charge is -2.06. The zero-order valence-corrected chi connectivity index (χ0v) is 17.1. The maximum Gasteiger partial charge on any atom is 0.329 e. The third-order valence-corrected chi connectivity index (χ3v) is 4.16. The fourth-order valence-electron chi connectivity index (χ4n) is 1.92. The van der Waals surface area contributed by atoms with Gasteiger partial charge in [-0.05, 0) is 52.3 Å². The highest BCUT2D eigenvalue weighted by Gasteiger charge is 2.13. The first-order chi connectivity index (χ1) is 12.8. The minimum Gasteiger partial charge on any atom is -0.506 e. The number of nitrogens with one attached hydrogen (secondary N) is 3. The van der Waals surface area contributed by atoms with E-state index in [0.29, 0.717) is 25.9 Å². The van der Waals surface area contributed by atoms with Crippen LogP contribution in [0.15, 0.2) is 50.4 Å². The van der Waals surface area contributed by atoms with E-state index in [1.165, 1.54) is 25.3 Å². The number of phenols is 1. The molecule has 27 heavy (non-hydrogen) atoms. The van der Waals surface area contributed by atoms with E-state index in [1.807, 2.05) is 0 Å². The molecular weight excluding hydrogens is 484 g/mol. The minimum absolute atomic E-state index is 0.0556. The Labute approximate surface area is 171 Å². The smallest absolute Gasteiger partial charge is 0.329 e. The summed E-state index contributed by atoms with van der Waals surface area (Å²) in [5.74, 6) is -2.17. The number of anilines is 2. The molecule has 0 fully saturated rings. The van der Waals surface area contributed by atoms with Crippen molar-refractivity contribution >= 4 is 67.2 Å². The van der Waals surface area contributed by atoms with Crippen molar-refractivity contribution in [2.24, 2.45) is 5.10 Å². The van der Waals surface area contributed by atoms with Crippen LogP contribution in [0.4, 0.5) is 11.4 Å². The number of aromatic hydroxyl groups is 1. The number of hydrogen-bond acceptors (Lipinski definition) is 5. The summed E-state index contributed by atoms with van der Waals surface area (Å²) in [6.45, 7) is 1.38. The third kappa shape index (κ3) is 6.19. The van der Waals surface area contributed by atoms with E-state index in [-0.39, 0.29) is 11.7 Å². The van der Waals surface area contributed by atoms with E-state index >= 15 is 0 Å². The van der Waals surface area contributed by atoms with Gasteiger partial charge in [0.05, 0.1) is 10.7 Å². The summed E-state index contributed by atoms with van der Waals surface area (Å²) in [5.41, 5.74) is 3.35. The Balaban J connectivity index is 1.94. The molecule has 0 saturated carbocycles. The van der Waals surface area contributed by atoms with Gasteiger partial charge in [-0.25, -0.2) is 5.43 Å². The molecule has 2 aromatic rings. The Morgan fingerprint density at radius 2 is 1.59 bits per heavy atom. The molecule has 0 unspecified atom stereocenters. The summed E-state index contributed by atoms with van der Waals surface area (Å²) in [5, 5.41) is 18.5. The van der Waals surface area contributed by atoms with Crippen LogP contribution in [0.1, 0.15) is 12.5 Å². The van der Waals surface area contributed by atoms with Gasteiger partial charge in [-0.15, -0.1) is 0 Å². The van der Waals surface area contributed by atoms with Crippen LogP contribution in [0.5, 0.6) is 5.75 Å². The largest absolute Gasteiger partial charge is 0.506 e. The van der Waals surface area contributed by atoms with Gasteiger partial charge in [0.1, 0.15) is 5.75 Å². The van der Waals surface area contributed by atoms with Gasteiger partial charge in [-0.3, -0.25) is 14.4 Å². The Kier molecular flexibility index (Phi) is 7.08. The molecule has 0 aliphatic rings. The zero-order valence-electron chi connectivity index (χ0n) is 13.9. The predicted molar refractivity (Wildman–Crippen MR) is 109 cm³/mol. The monoisotopic (exact) mass is 496 g/mol. The molecule has 0 aliphatic heterocycles. The van der Waals surface area contributed by atoms with Crippen molar-refractivity contribution in [2.75, 3.05) is 10.6 Å². The molecule has 0 heterocycles. The van der Waals surface area contributed by atoms with Crippen LogP contribution in [-0.4, -0.2) is 29.0 Å². The van der Waals surface area contributed by atoms with E-state index in [2.05, 4.69) is 53.0 Å². The molecule has 10 heteroatoms. The summed E-state index contributed by atoms with van der Waals surface area (Å²) in [6.07, 6.45) is 1.21. The molecule has 3 amide bonds. The first-order valence-electron chi connectivity index (χ1n) is 7.46. The van der Waals surface area contributed by atoms with Gasteiger partial charge >= 0.3 is 11.8 Å². The van der Waals surface area contributed by atoms with Crippen LogP contribution in [0.2, 0.25) is 0 Å². The van der Waals surface area contributed by atoms with E-state index in [0.717, 1.165) is 0 Å². The van der Waals surface area contributed by atoms with E-state index in [9.17, 15) is 19.5 Å². The SMILES string of the molecule is CC(=O)Nc1ccc(NC(=O)C(=O)N/N=C/c2cc(Br)cc(Br)c2O)cc1. The number of nitrogens with zero attached hydrogens (tertiary/aromatic N) is 1. The van der Waals surface area contributed by atoms with Gasteiger partial charge in [0.15, 0.2) is 0 Å². The van der Waals surface area contributed by atoms with Crippen LogP contribution in [0, 0.1) is 0 Å². The lowest BCUT2D eigenvalue weighted by molar-refractivity contribution is -0.136. The number of rotatable bonds is 4. The molecular formula is C17H14Br2N4O4. The quantitative estimate of drug-likeness (QED) is 0.295. The number of hydrazone groups is 1. The number of halogens is 2. The number of amides is 3. The average molecular weight is 498 g/mol. The molecule has 140 valence electrons. The first-order valence-corrected chi connectivity index (χ1v) is 9.05. The van der Waals surface area contributed by atoms with Gasteiger partial charge in [0.25, 0.3) is 0 Å². The molecule has 0 aliphatic carbocycles. The van der Waals surface area contributed by atoms with Gasteiger partial charge in [-0.2, -0.15) is 5.10 Å². The van der Waals surface area contributed by atoms with Crippen LogP contribution in [0.25, 0.3) is 0 Å². The molecule has 2 rings (SSSR count). The van der Waals surface area contributed by atoms with E-state index in [4.69, 9.17) is 0 Å². The summed E-state index contributed by atoms with van der Waals surface area (Å²) < 4.78 is 1.14. The molecule has 4 N–H and O–H groups in total. The topological polar surface area (TPSA) is 120 Å². The Morgan fingerprint density at radius 1 is 1.00 bits per heavy atom. The second-order valence-electron chi connectivity index (χ2n) is 5.24. The maximum absolute atomic E-state index is 11.9. The van der Waals surface area contributed by atoms with Crippen LogP contribution in [0.3, 0.4) is 0 Å². The molecule has 0 aromatic heterocycles. The highest BCUT2D eigenvalue weighted by Crippen LogP contribution is 2.30. The van der Waals surface area contributed by atoms with Gasteiger partial charge in [-0.1, -0.05) is 15.9 Å². The van der Waals surface area contributed by atoms with Crippen molar-refractivity contribution in [1.82, 2.24) is 5.43 Å². The minimum atomic E-state index is -0.981. The second kappa shape index (κ2) is 9.28. The van der Waals surface area contributed by atoms with Gasteiger partial charge in [0, 0.05) is 28.3 Å². The van der Waals surface area contributed by atoms with Crippen LogP contribution in [-0.2, 0) is 14.4 Å². The second-order valence-corrected chi connectivity index (χ2v) is 7.01. The van der Waals surface area contributed by atoms with E-state index < -0.39 is 11.8 Å². The van der Waals surface area contributed by atoms with Crippen LogP contribution < -0.4 is 16.1 Å². The average Bonchev–Trinajstić information content (AvgIpc) is 2.60. The highest BCUT2D eigenvalue weighted by molar-refractivity contribution is 9.11. The molecule has 0 saturated heterocycles. The van der Waals surface area contributed by atoms with Crippen molar-refractivity contribution < 1.29 is 19.5 Å². The molecule has 8 nitrogen and oxygen atoms in total. The van der Waals surface area contributed by atoms with Crippen molar-refractivity contribution in [1.29, 1.82) is 0 Å². The van der Waals surface area contributed by atoms with Crippen LogP contribution >= 0.6 is 31.9 Å². The lowest BCUT2D eigenvalue weighted by Crippen LogP contribution is -2.32. The Morgan fingerprint density at radius 3 is 2.19 bits per heavy atom. The van der Waals surface area contributed by atoms with Crippen molar-refractivity contribution in [3.8, 4) is 5.75 Å². The molecule has 0 bridgehead atoms. The number of hydrogen-bond donors (Lipinski definition) is 4. The zero-order chi connectivity index (χ0) is 20.0. The predicted octanol–water partition coefficient (Wildman–Crippen LogP) is 2.96. The number of benzene rings is 2. The van der Waals surface area contributed by atoms with Crippen molar-refractivity contribution in [2.45, 2.75) is 6.92 Å². The molecule has 0 spiro atoms. The summed E-state index contributed by atoms with van der Waals surface area (Å²) >= 11 is 6.45. The summed E-state index contributed by atoms with van der Waals surface area (Å²) in [6, 6.07) is 9.48. The molecule has 0 atom stereocenters. The molecule has 0 radical (unpaired) electrons. The van der Waals surface area contributed by atoms with Gasteiger partial charge in [0.2, 0.25) is 5.91 Å². The normalized spacial score (nSPS) is 10.5. The number of carbonyl (C=O) groups is 3. The Bertz CT molecular complexity index is 914. The standard InChI is InChI=1S/C17H14Br2N4O4/c1-9(24)21-12-2-4-13(5-3-12)22-16(26)17(27)23-20-8-10-6-11(18)7-14(19)15(10)25/h2-8,25H,1H3,(H,21,24)(H,22,26)(H,23,27)/b20-8+. The van der Waals surface area contributed by atoms with Gasteiger partial charge < -0.3 is 15.7 Å². The lowest BCUT2D eigenvalue weighted by atomic mass is 10.2. The summed E-state index contributed by atoms with van der Waals surface area (Å²) in [7, 11) is 0. The summed E-state index contributed by atoms with van der Waals surface area (Å²) in [4.78, 5) is 34.6. The third-order valence-electron chi connectivity index (χ3n) is 3.10. The maximum atomic E-state index is 11.9. The van der Waals surface area contributed by atoms with E-state index in [1.54, 1.807) is 24.3 Å². The molecule has 2 aromatic carbocycles. The first kappa shape index (κ1) is 20.6. The number of carbonyl (C=O) groups excluding carboxylic acids is 3. The van der Waals surface area contributed by atoms with Crippen molar-refractivity contribution in [3.63, 3.8) is 0 Å². The fourth-order valence-corrected chi connectivity index (χ4v) is 3.18. The van der Waals surface area contributed by atoms with Crippen molar-refractivity contribution in [3.05, 3.63) is 50.9 Å². The number of phenolic OH excluding ortho intramolecular Hbond substituents is 1. The highest BCUT2D eigenvalue weighted by atomic mass is 79.9. The Hall–Kier alpha value is -2.72.